The van der Waals surface area contributed by atoms with Crippen molar-refractivity contribution < 1.29 is 9.59 Å². The summed E-state index contributed by atoms with van der Waals surface area (Å²) in [6.07, 6.45) is 5.61. The molecule has 0 unspecified atom stereocenters. The third-order valence-electron chi connectivity index (χ3n) is 5.40. The summed E-state index contributed by atoms with van der Waals surface area (Å²) in [5.74, 6) is -0.274. The molecular weight excluding hydrogens is 374 g/mol. The van der Waals surface area contributed by atoms with Crippen LogP contribution < -0.4 is 15.5 Å². The highest BCUT2D eigenvalue weighted by Gasteiger charge is 2.21. The Bertz CT molecular complexity index is 868. The summed E-state index contributed by atoms with van der Waals surface area (Å²) < 4.78 is 0. The Labute approximate surface area is 179 Å². The topological polar surface area (TPSA) is 61.4 Å². The van der Waals surface area contributed by atoms with Crippen molar-refractivity contribution in [1.82, 2.24) is 5.32 Å². The number of carbonyl (C=O) groups excluding carboxylic acids is 2. The lowest BCUT2D eigenvalue weighted by Gasteiger charge is -2.22. The van der Waals surface area contributed by atoms with Crippen molar-refractivity contribution in [2.24, 2.45) is 0 Å². The number of unbranched alkanes of at least 4 members (excludes halogenated alkanes) is 1. The molecule has 160 valence electrons. The van der Waals surface area contributed by atoms with Crippen LogP contribution in [-0.4, -0.2) is 30.9 Å². The van der Waals surface area contributed by atoms with E-state index in [1.807, 2.05) is 50.2 Å². The molecule has 0 atom stereocenters. The number of aryl methyl sites for hydroxylation is 1. The van der Waals surface area contributed by atoms with Gasteiger partial charge in [0, 0.05) is 36.1 Å². The molecule has 0 aromatic heterocycles. The molecule has 1 aliphatic rings. The minimum absolute atomic E-state index is 0.0494. The van der Waals surface area contributed by atoms with Crippen LogP contribution in [0, 0.1) is 0 Å². The van der Waals surface area contributed by atoms with E-state index in [0.717, 1.165) is 50.9 Å². The average Bonchev–Trinajstić information content (AvgIpc) is 3.26. The van der Waals surface area contributed by atoms with Crippen LogP contribution in [0.25, 0.3) is 0 Å². The van der Waals surface area contributed by atoms with Crippen molar-refractivity contribution in [2.75, 3.05) is 23.3 Å². The molecule has 3 rings (SSSR count). The molecule has 2 aromatic carbocycles. The van der Waals surface area contributed by atoms with E-state index in [9.17, 15) is 9.59 Å². The molecule has 2 amide bonds. The van der Waals surface area contributed by atoms with Crippen molar-refractivity contribution >= 4 is 23.2 Å². The lowest BCUT2D eigenvalue weighted by Crippen LogP contribution is -2.32. The van der Waals surface area contributed by atoms with Crippen LogP contribution in [0.4, 0.5) is 11.4 Å². The molecule has 30 heavy (non-hydrogen) atoms. The number of nitrogens with one attached hydrogen (secondary N) is 2. The fourth-order valence-electron chi connectivity index (χ4n) is 3.78. The molecule has 1 aliphatic heterocycles. The van der Waals surface area contributed by atoms with Crippen LogP contribution in [0.15, 0.2) is 42.5 Å². The van der Waals surface area contributed by atoms with E-state index < -0.39 is 0 Å². The maximum Gasteiger partial charge on any atom is 0.255 e. The van der Waals surface area contributed by atoms with E-state index in [0.29, 0.717) is 16.8 Å². The summed E-state index contributed by atoms with van der Waals surface area (Å²) in [5.41, 5.74) is 4.04. The Morgan fingerprint density at radius 2 is 1.70 bits per heavy atom. The molecule has 5 heteroatoms. The summed E-state index contributed by atoms with van der Waals surface area (Å²) >= 11 is 0. The molecule has 0 saturated carbocycles. The van der Waals surface area contributed by atoms with Gasteiger partial charge in [0.25, 0.3) is 11.8 Å². The highest BCUT2D eigenvalue weighted by atomic mass is 16.2. The van der Waals surface area contributed by atoms with Gasteiger partial charge in [0.15, 0.2) is 0 Å². The maximum atomic E-state index is 12.8. The van der Waals surface area contributed by atoms with Crippen molar-refractivity contribution in [3.05, 3.63) is 59.2 Å². The van der Waals surface area contributed by atoms with Gasteiger partial charge in [0.1, 0.15) is 0 Å². The zero-order valence-corrected chi connectivity index (χ0v) is 18.3. The Kier molecular flexibility index (Phi) is 7.50. The highest BCUT2D eigenvalue weighted by Crippen LogP contribution is 2.28. The van der Waals surface area contributed by atoms with Gasteiger partial charge in [-0.25, -0.2) is 0 Å². The molecule has 2 N–H and O–H groups in total. The second-order valence-corrected chi connectivity index (χ2v) is 8.31. The minimum atomic E-state index is -0.166. The molecule has 1 fully saturated rings. The Hall–Kier alpha value is -2.82. The first-order chi connectivity index (χ1) is 14.5. The Morgan fingerprint density at radius 3 is 2.33 bits per heavy atom. The zero-order valence-electron chi connectivity index (χ0n) is 18.3. The van der Waals surface area contributed by atoms with Crippen molar-refractivity contribution in [2.45, 2.75) is 58.9 Å². The number of benzene rings is 2. The third-order valence-corrected chi connectivity index (χ3v) is 5.40. The standard InChI is InChI=1S/C25H33N3O2/c1-4-5-8-19-9-11-20(12-10-19)24(29)27-21-13-14-23(28-15-6-7-16-28)22(17-21)25(30)26-18(2)3/h9-14,17-18H,4-8,15-16H2,1-3H3,(H,26,30)(H,27,29). The predicted octanol–water partition coefficient (Wildman–Crippen LogP) is 5.02. The Morgan fingerprint density at radius 1 is 1.00 bits per heavy atom. The van der Waals surface area contributed by atoms with Crippen LogP contribution in [-0.2, 0) is 6.42 Å². The van der Waals surface area contributed by atoms with Crippen LogP contribution in [0.5, 0.6) is 0 Å². The van der Waals surface area contributed by atoms with Gasteiger partial charge in [0.2, 0.25) is 0 Å². The highest BCUT2D eigenvalue weighted by molar-refractivity contribution is 6.06. The van der Waals surface area contributed by atoms with E-state index in [2.05, 4.69) is 22.5 Å². The minimum Gasteiger partial charge on any atom is -0.371 e. The van der Waals surface area contributed by atoms with E-state index >= 15 is 0 Å². The molecule has 1 saturated heterocycles. The second-order valence-electron chi connectivity index (χ2n) is 8.31. The number of rotatable bonds is 8. The molecular formula is C25H33N3O2. The number of anilines is 2. The monoisotopic (exact) mass is 407 g/mol. The van der Waals surface area contributed by atoms with Gasteiger partial charge in [-0.15, -0.1) is 0 Å². The van der Waals surface area contributed by atoms with Crippen LogP contribution >= 0.6 is 0 Å². The van der Waals surface area contributed by atoms with Gasteiger partial charge in [-0.1, -0.05) is 25.5 Å². The van der Waals surface area contributed by atoms with Crippen molar-refractivity contribution in [1.29, 1.82) is 0 Å². The molecule has 2 aromatic rings. The predicted molar refractivity (Wildman–Crippen MR) is 123 cm³/mol. The van der Waals surface area contributed by atoms with Gasteiger partial charge in [-0.2, -0.15) is 0 Å². The fourth-order valence-corrected chi connectivity index (χ4v) is 3.78. The van der Waals surface area contributed by atoms with Gasteiger partial charge < -0.3 is 15.5 Å². The van der Waals surface area contributed by atoms with Gasteiger partial charge in [0.05, 0.1) is 5.56 Å². The number of hydrogen-bond acceptors (Lipinski definition) is 3. The van der Waals surface area contributed by atoms with Crippen LogP contribution in [0.3, 0.4) is 0 Å². The largest absolute Gasteiger partial charge is 0.371 e. The molecule has 0 radical (unpaired) electrons. The zero-order chi connectivity index (χ0) is 21.5. The second kappa shape index (κ2) is 10.3. The van der Waals surface area contributed by atoms with Crippen LogP contribution in [0.2, 0.25) is 0 Å². The van der Waals surface area contributed by atoms with E-state index in [-0.39, 0.29) is 17.9 Å². The van der Waals surface area contributed by atoms with Crippen molar-refractivity contribution in [3.63, 3.8) is 0 Å². The molecule has 0 bridgehead atoms. The SMILES string of the molecule is CCCCc1ccc(C(=O)Nc2ccc(N3CCCC3)c(C(=O)NC(C)C)c2)cc1. The van der Waals surface area contributed by atoms with E-state index in [4.69, 9.17) is 0 Å². The number of nitrogens with zero attached hydrogens (tertiary/aromatic N) is 1. The van der Waals surface area contributed by atoms with E-state index in [1.165, 1.54) is 5.56 Å². The summed E-state index contributed by atoms with van der Waals surface area (Å²) in [4.78, 5) is 27.8. The Balaban J connectivity index is 1.78. The number of amides is 2. The average molecular weight is 408 g/mol. The normalized spacial score (nSPS) is 13.5. The fraction of sp³-hybridized carbons (Fsp3) is 0.440. The quantitative estimate of drug-likeness (QED) is 0.646. The van der Waals surface area contributed by atoms with Gasteiger partial charge >= 0.3 is 0 Å². The molecule has 0 spiro atoms. The summed E-state index contributed by atoms with van der Waals surface area (Å²) in [6, 6.07) is 13.4. The number of carbonyl (C=O) groups is 2. The van der Waals surface area contributed by atoms with Gasteiger partial charge in [-0.05, 0) is 75.4 Å². The summed E-state index contributed by atoms with van der Waals surface area (Å²) in [7, 11) is 0. The van der Waals surface area contributed by atoms with Gasteiger partial charge in [-0.3, -0.25) is 9.59 Å². The van der Waals surface area contributed by atoms with E-state index in [1.54, 1.807) is 6.07 Å². The molecule has 0 aliphatic carbocycles. The molecule has 5 nitrogen and oxygen atoms in total. The first-order valence-electron chi connectivity index (χ1n) is 11.1. The smallest absolute Gasteiger partial charge is 0.255 e. The molecule has 1 heterocycles. The summed E-state index contributed by atoms with van der Waals surface area (Å²) in [5, 5.41) is 5.93. The first kappa shape index (κ1) is 21.9. The van der Waals surface area contributed by atoms with Crippen LogP contribution in [0.1, 0.15) is 72.7 Å². The summed E-state index contributed by atoms with van der Waals surface area (Å²) in [6.45, 7) is 7.98. The number of hydrogen-bond donors (Lipinski definition) is 2. The maximum absolute atomic E-state index is 12.8. The lowest BCUT2D eigenvalue weighted by molar-refractivity contribution is 0.0942. The third kappa shape index (κ3) is 5.62. The first-order valence-corrected chi connectivity index (χ1v) is 11.1. The van der Waals surface area contributed by atoms with Crippen molar-refractivity contribution in [3.8, 4) is 0 Å². The lowest BCUT2D eigenvalue weighted by atomic mass is 10.1.